The van der Waals surface area contributed by atoms with Gasteiger partial charge in [0.1, 0.15) is 10.6 Å². The summed E-state index contributed by atoms with van der Waals surface area (Å²) in [5.41, 5.74) is 1.39. The van der Waals surface area contributed by atoms with Crippen LogP contribution in [-0.2, 0) is 25.3 Å². The van der Waals surface area contributed by atoms with Crippen LogP contribution in [0.2, 0.25) is 0 Å². The average molecular weight is 452 g/mol. The van der Waals surface area contributed by atoms with E-state index in [4.69, 9.17) is 9.47 Å². The summed E-state index contributed by atoms with van der Waals surface area (Å²) in [6.45, 7) is 1.29. The van der Waals surface area contributed by atoms with Crippen LogP contribution in [0.5, 0.6) is 5.75 Å². The molecule has 1 aliphatic heterocycles. The largest absolute Gasteiger partial charge is 0.495 e. The lowest BCUT2D eigenvalue weighted by molar-refractivity contribution is -0.115. The van der Waals surface area contributed by atoms with E-state index in [0.717, 1.165) is 11.4 Å². The van der Waals surface area contributed by atoms with Crippen molar-refractivity contribution in [2.75, 3.05) is 44.5 Å². The molecule has 1 amide bonds. The Morgan fingerprint density at radius 1 is 1.27 bits per heavy atom. The summed E-state index contributed by atoms with van der Waals surface area (Å²) >= 11 is 1.62. The zero-order chi connectivity index (χ0) is 21.4. The number of carbonyl (C=O) groups is 1. The molecule has 162 valence electrons. The number of hydrogen-bond donors (Lipinski definition) is 1. The van der Waals surface area contributed by atoms with Gasteiger partial charge in [0.25, 0.3) is 0 Å². The van der Waals surface area contributed by atoms with Crippen LogP contribution < -0.4 is 10.1 Å². The van der Waals surface area contributed by atoms with Crippen molar-refractivity contribution in [3.05, 3.63) is 48.3 Å². The standard InChI is InChI=1S/C20H25N3O5S2/c1-27-18-6-5-16(14-19(18)30(25,26)23-9-11-28-12-10-23)22-20(24)7-13-29-15-17-4-2-3-8-21-17/h2-6,8,14H,7,9-13,15H2,1H3,(H,22,24). The van der Waals surface area contributed by atoms with Crippen molar-refractivity contribution in [2.45, 2.75) is 17.1 Å². The van der Waals surface area contributed by atoms with E-state index < -0.39 is 10.0 Å². The molecular weight excluding hydrogens is 426 g/mol. The quantitative estimate of drug-likeness (QED) is 0.585. The van der Waals surface area contributed by atoms with Gasteiger partial charge in [0.05, 0.1) is 26.0 Å². The molecule has 2 heterocycles. The molecule has 1 N–H and O–H groups in total. The SMILES string of the molecule is COc1ccc(NC(=O)CCSCc2ccccn2)cc1S(=O)(=O)N1CCOCC1. The van der Waals surface area contributed by atoms with Crippen molar-refractivity contribution in [1.82, 2.24) is 9.29 Å². The summed E-state index contributed by atoms with van der Waals surface area (Å²) < 4.78 is 37.9. The van der Waals surface area contributed by atoms with Crippen LogP contribution in [0.1, 0.15) is 12.1 Å². The van der Waals surface area contributed by atoms with Gasteiger partial charge in [-0.15, -0.1) is 0 Å². The molecule has 0 saturated carbocycles. The topological polar surface area (TPSA) is 97.8 Å². The number of nitrogens with one attached hydrogen (secondary N) is 1. The summed E-state index contributed by atoms with van der Waals surface area (Å²) in [5.74, 6) is 1.43. The van der Waals surface area contributed by atoms with Crippen LogP contribution in [0, 0.1) is 0 Å². The first-order valence-electron chi connectivity index (χ1n) is 9.54. The number of hydrogen-bond acceptors (Lipinski definition) is 7. The van der Waals surface area contributed by atoms with Gasteiger partial charge in [-0.2, -0.15) is 16.1 Å². The lowest BCUT2D eigenvalue weighted by Crippen LogP contribution is -2.40. The minimum atomic E-state index is -3.75. The van der Waals surface area contributed by atoms with Crippen molar-refractivity contribution in [3.63, 3.8) is 0 Å². The normalized spacial score (nSPS) is 15.0. The highest BCUT2D eigenvalue weighted by Crippen LogP contribution is 2.30. The van der Waals surface area contributed by atoms with Crippen LogP contribution in [0.4, 0.5) is 5.69 Å². The predicted octanol–water partition coefficient (Wildman–Crippen LogP) is 2.37. The summed E-state index contributed by atoms with van der Waals surface area (Å²) in [5, 5.41) is 2.78. The molecule has 0 bridgehead atoms. The van der Waals surface area contributed by atoms with Crippen LogP contribution in [0.3, 0.4) is 0 Å². The molecular formula is C20H25N3O5S2. The molecule has 0 aliphatic carbocycles. The fraction of sp³-hybridized carbons (Fsp3) is 0.400. The van der Waals surface area contributed by atoms with Crippen LogP contribution in [0.15, 0.2) is 47.5 Å². The molecule has 1 aromatic carbocycles. The number of pyridine rings is 1. The second-order valence-corrected chi connectivity index (χ2v) is 9.57. The van der Waals surface area contributed by atoms with Crippen molar-refractivity contribution in [2.24, 2.45) is 0 Å². The monoisotopic (exact) mass is 451 g/mol. The number of aromatic nitrogens is 1. The van der Waals surface area contributed by atoms with Crippen molar-refractivity contribution in [1.29, 1.82) is 0 Å². The van der Waals surface area contributed by atoms with E-state index in [1.54, 1.807) is 30.1 Å². The highest BCUT2D eigenvalue weighted by Gasteiger charge is 2.29. The number of benzene rings is 1. The Morgan fingerprint density at radius 3 is 2.77 bits per heavy atom. The number of rotatable bonds is 9. The minimum Gasteiger partial charge on any atom is -0.495 e. The van der Waals surface area contributed by atoms with Gasteiger partial charge >= 0.3 is 0 Å². The van der Waals surface area contributed by atoms with Gasteiger partial charge in [0, 0.05) is 42.9 Å². The first kappa shape index (κ1) is 22.5. The second-order valence-electron chi connectivity index (χ2n) is 6.55. The fourth-order valence-corrected chi connectivity index (χ4v) is 5.37. The number of methoxy groups -OCH3 is 1. The molecule has 10 heteroatoms. The molecule has 1 saturated heterocycles. The lowest BCUT2D eigenvalue weighted by Gasteiger charge is -2.26. The Bertz CT molecular complexity index is 948. The summed E-state index contributed by atoms with van der Waals surface area (Å²) in [7, 11) is -2.33. The van der Waals surface area contributed by atoms with E-state index in [2.05, 4.69) is 10.3 Å². The molecule has 0 atom stereocenters. The first-order valence-corrected chi connectivity index (χ1v) is 12.1. The van der Waals surface area contributed by atoms with Gasteiger partial charge in [-0.3, -0.25) is 9.78 Å². The molecule has 0 spiro atoms. The zero-order valence-corrected chi connectivity index (χ0v) is 18.4. The molecule has 0 radical (unpaired) electrons. The van der Waals surface area contributed by atoms with E-state index in [0.29, 0.717) is 31.1 Å². The molecule has 1 aromatic heterocycles. The maximum atomic E-state index is 13.0. The number of morpholine rings is 1. The Kier molecular flexibility index (Phi) is 8.08. The number of nitrogens with zero attached hydrogens (tertiary/aromatic N) is 2. The third-order valence-corrected chi connectivity index (χ3v) is 7.40. The van der Waals surface area contributed by atoms with E-state index in [1.165, 1.54) is 17.5 Å². The zero-order valence-electron chi connectivity index (χ0n) is 16.7. The van der Waals surface area contributed by atoms with Gasteiger partial charge in [0.15, 0.2) is 0 Å². The summed E-state index contributed by atoms with van der Waals surface area (Å²) in [4.78, 5) is 16.6. The molecule has 2 aromatic rings. The smallest absolute Gasteiger partial charge is 0.246 e. The van der Waals surface area contributed by atoms with Crippen LogP contribution in [-0.4, -0.2) is 62.8 Å². The Labute approximate surface area is 181 Å². The summed E-state index contributed by atoms with van der Waals surface area (Å²) in [6, 6.07) is 10.4. The average Bonchev–Trinajstić information content (AvgIpc) is 2.78. The minimum absolute atomic E-state index is 0.0363. The number of ether oxygens (including phenoxy) is 2. The third-order valence-electron chi connectivity index (χ3n) is 4.48. The molecule has 1 aliphatic rings. The van der Waals surface area contributed by atoms with Gasteiger partial charge in [-0.25, -0.2) is 8.42 Å². The van der Waals surface area contributed by atoms with E-state index in [9.17, 15) is 13.2 Å². The molecule has 1 fully saturated rings. The molecule has 0 unspecified atom stereocenters. The predicted molar refractivity (Wildman–Crippen MR) is 116 cm³/mol. The third kappa shape index (κ3) is 5.94. The highest BCUT2D eigenvalue weighted by molar-refractivity contribution is 7.98. The van der Waals surface area contributed by atoms with Crippen molar-refractivity contribution in [3.8, 4) is 5.75 Å². The number of sulfonamides is 1. The maximum Gasteiger partial charge on any atom is 0.246 e. The Morgan fingerprint density at radius 2 is 2.07 bits per heavy atom. The van der Waals surface area contributed by atoms with E-state index >= 15 is 0 Å². The van der Waals surface area contributed by atoms with Gasteiger partial charge in [-0.05, 0) is 30.3 Å². The van der Waals surface area contributed by atoms with E-state index in [-0.39, 0.29) is 29.6 Å². The van der Waals surface area contributed by atoms with E-state index in [1.807, 2.05) is 18.2 Å². The lowest BCUT2D eigenvalue weighted by atomic mass is 10.3. The molecule has 8 nitrogen and oxygen atoms in total. The Balaban J connectivity index is 1.60. The molecule has 30 heavy (non-hydrogen) atoms. The summed E-state index contributed by atoms with van der Waals surface area (Å²) in [6.07, 6.45) is 2.06. The number of carbonyl (C=O) groups excluding carboxylic acids is 1. The number of amides is 1. The maximum absolute atomic E-state index is 13.0. The number of anilines is 1. The van der Waals surface area contributed by atoms with Crippen molar-refractivity contribution >= 4 is 33.4 Å². The van der Waals surface area contributed by atoms with Gasteiger partial charge in [0.2, 0.25) is 15.9 Å². The van der Waals surface area contributed by atoms with Gasteiger partial charge < -0.3 is 14.8 Å². The van der Waals surface area contributed by atoms with Crippen LogP contribution in [0.25, 0.3) is 0 Å². The number of thioether (sulfide) groups is 1. The first-order chi connectivity index (χ1) is 14.5. The Hall–Kier alpha value is -2.14. The highest BCUT2D eigenvalue weighted by atomic mass is 32.2. The van der Waals surface area contributed by atoms with Gasteiger partial charge in [-0.1, -0.05) is 6.07 Å². The fourth-order valence-electron chi connectivity index (χ4n) is 2.93. The molecule has 3 rings (SSSR count). The second kappa shape index (κ2) is 10.8. The van der Waals surface area contributed by atoms with Crippen molar-refractivity contribution < 1.29 is 22.7 Å². The van der Waals surface area contributed by atoms with Crippen LogP contribution >= 0.6 is 11.8 Å².